The molecule has 0 saturated carbocycles. The normalized spacial score (nSPS) is 12.3. The molecule has 0 spiro atoms. The van der Waals surface area contributed by atoms with Gasteiger partial charge >= 0.3 is 5.97 Å². The molecule has 29 heavy (non-hydrogen) atoms. The fourth-order valence-electron chi connectivity index (χ4n) is 2.65. The molecule has 2 atom stereocenters. The van der Waals surface area contributed by atoms with Crippen molar-refractivity contribution < 1.29 is 28.7 Å². The van der Waals surface area contributed by atoms with E-state index in [-0.39, 0.29) is 17.7 Å². The minimum absolute atomic E-state index is 0.124. The number of nitrogens with one attached hydrogen (secondary N) is 4. The molecular formula is C19H34N4O6. The van der Waals surface area contributed by atoms with Gasteiger partial charge < -0.3 is 26.0 Å². The third-order valence-electron chi connectivity index (χ3n) is 4.08. The monoisotopic (exact) mass is 414 g/mol. The minimum Gasteiger partial charge on any atom is -0.467 e. The van der Waals surface area contributed by atoms with Gasteiger partial charge in [0.25, 0.3) is 0 Å². The summed E-state index contributed by atoms with van der Waals surface area (Å²) >= 11 is 0. The fraction of sp³-hybridized carbons (Fsp3) is 0.737. The van der Waals surface area contributed by atoms with Crippen LogP contribution >= 0.6 is 0 Å². The fourth-order valence-corrected chi connectivity index (χ4v) is 2.65. The average molecular weight is 415 g/mol. The molecule has 4 amide bonds. The number of amides is 4. The Bertz CT molecular complexity index is 567. The highest BCUT2D eigenvalue weighted by atomic mass is 16.5. The van der Waals surface area contributed by atoms with Gasteiger partial charge in [0.2, 0.25) is 23.6 Å². The second-order valence-electron chi connectivity index (χ2n) is 6.79. The quantitative estimate of drug-likeness (QED) is 0.228. The van der Waals surface area contributed by atoms with Crippen LogP contribution in [0.2, 0.25) is 0 Å². The number of esters is 1. The number of ether oxygens (including phenoxy) is 1. The Hall–Kier alpha value is -2.65. The Balaban J connectivity index is 4.67. The summed E-state index contributed by atoms with van der Waals surface area (Å²) in [7, 11) is 1.24. The number of rotatable bonds is 14. The summed E-state index contributed by atoms with van der Waals surface area (Å²) in [4.78, 5) is 57.8. The lowest BCUT2D eigenvalue weighted by molar-refractivity contribution is -0.145. The van der Waals surface area contributed by atoms with Gasteiger partial charge in [-0.05, 0) is 38.5 Å². The topological polar surface area (TPSA) is 143 Å². The first-order valence-electron chi connectivity index (χ1n) is 9.81. The zero-order valence-corrected chi connectivity index (χ0v) is 17.8. The summed E-state index contributed by atoms with van der Waals surface area (Å²) in [5.74, 6) is -1.63. The smallest absolute Gasteiger partial charge is 0.328 e. The van der Waals surface area contributed by atoms with Crippen LogP contribution in [0.5, 0.6) is 0 Å². The summed E-state index contributed by atoms with van der Waals surface area (Å²) < 4.78 is 4.75. The van der Waals surface area contributed by atoms with Crippen molar-refractivity contribution in [1.29, 1.82) is 0 Å². The number of carbonyl (C=O) groups is 5. The molecule has 0 bridgehead atoms. The molecule has 166 valence electrons. The van der Waals surface area contributed by atoms with Gasteiger partial charge in [-0.1, -0.05) is 0 Å². The molecule has 4 N–H and O–H groups in total. The molecule has 0 aromatic carbocycles. The van der Waals surface area contributed by atoms with Gasteiger partial charge in [0.05, 0.1) is 7.11 Å². The molecule has 0 rings (SSSR count). The maximum atomic E-state index is 12.6. The molecule has 0 saturated heterocycles. The number of hydrogen-bond donors (Lipinski definition) is 4. The van der Waals surface area contributed by atoms with Crippen LogP contribution in [0.15, 0.2) is 0 Å². The number of hydrogen-bond acceptors (Lipinski definition) is 6. The van der Waals surface area contributed by atoms with Gasteiger partial charge in [0, 0.05) is 33.9 Å². The van der Waals surface area contributed by atoms with Crippen LogP contribution < -0.4 is 21.3 Å². The highest BCUT2D eigenvalue weighted by molar-refractivity contribution is 5.90. The van der Waals surface area contributed by atoms with Crippen molar-refractivity contribution in [3.63, 3.8) is 0 Å². The third-order valence-corrected chi connectivity index (χ3v) is 4.08. The molecule has 0 fully saturated rings. The van der Waals surface area contributed by atoms with Crippen LogP contribution in [0.3, 0.4) is 0 Å². The van der Waals surface area contributed by atoms with Crippen molar-refractivity contribution >= 4 is 29.6 Å². The zero-order chi connectivity index (χ0) is 22.2. The largest absolute Gasteiger partial charge is 0.467 e. The molecule has 0 aliphatic heterocycles. The average Bonchev–Trinajstić information content (AvgIpc) is 2.63. The van der Waals surface area contributed by atoms with Crippen molar-refractivity contribution in [2.24, 2.45) is 0 Å². The van der Waals surface area contributed by atoms with Crippen LogP contribution in [0.4, 0.5) is 0 Å². The van der Waals surface area contributed by atoms with E-state index in [2.05, 4.69) is 21.3 Å². The summed E-state index contributed by atoms with van der Waals surface area (Å²) in [5.41, 5.74) is 0. The third kappa shape index (κ3) is 14.1. The summed E-state index contributed by atoms with van der Waals surface area (Å²) in [6, 6.07) is -1.61. The molecule has 0 aromatic heterocycles. The SMILES string of the molecule is COC(=O)C(CCCCNC(C)=O)NC(=O)[C@H](CCCCNC(C)=O)NC(C)=O. The summed E-state index contributed by atoms with van der Waals surface area (Å²) in [6.07, 6.45) is 3.25. The Morgan fingerprint density at radius 3 is 1.59 bits per heavy atom. The summed E-state index contributed by atoms with van der Waals surface area (Å²) in [5, 5.41) is 10.6. The van der Waals surface area contributed by atoms with Crippen molar-refractivity contribution in [2.45, 2.75) is 71.4 Å². The van der Waals surface area contributed by atoms with Crippen LogP contribution in [0.1, 0.15) is 59.3 Å². The van der Waals surface area contributed by atoms with Crippen LogP contribution in [0, 0.1) is 0 Å². The molecule has 0 aromatic rings. The first-order chi connectivity index (χ1) is 13.7. The van der Waals surface area contributed by atoms with E-state index in [1.807, 2.05) is 0 Å². The Morgan fingerprint density at radius 2 is 1.17 bits per heavy atom. The lowest BCUT2D eigenvalue weighted by atomic mass is 10.1. The summed E-state index contributed by atoms with van der Waals surface area (Å²) in [6.45, 7) is 5.15. The molecule has 0 aliphatic rings. The van der Waals surface area contributed by atoms with E-state index in [9.17, 15) is 24.0 Å². The van der Waals surface area contributed by atoms with Crippen molar-refractivity contribution in [2.75, 3.05) is 20.2 Å². The molecule has 1 unspecified atom stereocenters. The lowest BCUT2D eigenvalue weighted by Crippen LogP contribution is -2.51. The second-order valence-corrected chi connectivity index (χ2v) is 6.79. The minimum atomic E-state index is -0.833. The molecule has 0 heterocycles. The van der Waals surface area contributed by atoms with Crippen molar-refractivity contribution in [3.05, 3.63) is 0 Å². The lowest BCUT2D eigenvalue weighted by Gasteiger charge is -2.22. The van der Waals surface area contributed by atoms with Gasteiger partial charge in [0.1, 0.15) is 12.1 Å². The molecule has 0 aliphatic carbocycles. The first-order valence-corrected chi connectivity index (χ1v) is 9.81. The molecular weight excluding hydrogens is 380 g/mol. The van der Waals surface area contributed by atoms with E-state index in [4.69, 9.17) is 4.74 Å². The van der Waals surface area contributed by atoms with Gasteiger partial charge in [0.15, 0.2) is 0 Å². The predicted molar refractivity (Wildman–Crippen MR) is 107 cm³/mol. The van der Waals surface area contributed by atoms with Crippen molar-refractivity contribution in [1.82, 2.24) is 21.3 Å². The standard InChI is InChI=1S/C19H34N4O6/c1-13(24)20-11-7-5-9-16(22-15(3)26)18(27)23-17(19(28)29-4)10-6-8-12-21-14(2)25/h16-17H,5-12H2,1-4H3,(H,20,24)(H,21,25)(H,22,26)(H,23,27)/t16-,17?/m0/s1. The number of carbonyl (C=O) groups excluding carboxylic acids is 5. The van der Waals surface area contributed by atoms with E-state index in [0.717, 1.165) is 0 Å². The Kier molecular flexibility index (Phi) is 13.9. The van der Waals surface area contributed by atoms with E-state index < -0.39 is 24.0 Å². The van der Waals surface area contributed by atoms with Gasteiger partial charge in [-0.3, -0.25) is 19.2 Å². The van der Waals surface area contributed by atoms with Crippen molar-refractivity contribution in [3.8, 4) is 0 Å². The second kappa shape index (κ2) is 15.3. The Labute approximate surface area is 171 Å². The maximum Gasteiger partial charge on any atom is 0.328 e. The molecule has 10 heteroatoms. The van der Waals surface area contributed by atoms with E-state index >= 15 is 0 Å². The van der Waals surface area contributed by atoms with Crippen LogP contribution in [-0.2, 0) is 28.7 Å². The highest BCUT2D eigenvalue weighted by Crippen LogP contribution is 2.06. The molecule has 0 radical (unpaired) electrons. The van der Waals surface area contributed by atoms with Gasteiger partial charge in [-0.2, -0.15) is 0 Å². The van der Waals surface area contributed by atoms with Crippen LogP contribution in [0.25, 0.3) is 0 Å². The van der Waals surface area contributed by atoms with Gasteiger partial charge in [-0.25, -0.2) is 4.79 Å². The maximum absolute atomic E-state index is 12.6. The highest BCUT2D eigenvalue weighted by Gasteiger charge is 2.26. The van der Waals surface area contributed by atoms with E-state index in [0.29, 0.717) is 51.6 Å². The first kappa shape index (κ1) is 26.4. The number of unbranched alkanes of at least 4 members (excludes halogenated alkanes) is 2. The van der Waals surface area contributed by atoms with E-state index in [1.165, 1.54) is 27.9 Å². The predicted octanol–water partition coefficient (Wildman–Crippen LogP) is -0.238. The van der Waals surface area contributed by atoms with Gasteiger partial charge in [-0.15, -0.1) is 0 Å². The number of methoxy groups -OCH3 is 1. The Morgan fingerprint density at radius 1 is 0.690 bits per heavy atom. The van der Waals surface area contributed by atoms with Crippen LogP contribution in [-0.4, -0.2) is 61.9 Å². The van der Waals surface area contributed by atoms with E-state index in [1.54, 1.807) is 0 Å². The zero-order valence-electron chi connectivity index (χ0n) is 17.8. The molecule has 10 nitrogen and oxygen atoms in total.